The molecule has 0 spiro atoms. The highest BCUT2D eigenvalue weighted by molar-refractivity contribution is 5.87. The highest BCUT2D eigenvalue weighted by atomic mass is 19.4. The molecule has 1 aliphatic heterocycles. The molecule has 3 aromatic heterocycles. The van der Waals surface area contributed by atoms with Gasteiger partial charge in [0, 0.05) is 25.4 Å². The van der Waals surface area contributed by atoms with Gasteiger partial charge in [-0.05, 0) is 50.3 Å². The Morgan fingerprint density at radius 3 is 2.60 bits per heavy atom. The third kappa shape index (κ3) is 5.70. The number of alkyl halides is 3. The number of likely N-dealkylation sites (tertiary alicyclic amines) is 1. The minimum absolute atomic E-state index is 0.0878. The van der Waals surface area contributed by atoms with Gasteiger partial charge in [-0.25, -0.2) is 15.0 Å². The third-order valence-corrected chi connectivity index (χ3v) is 6.19. The van der Waals surface area contributed by atoms with Crippen LogP contribution in [-0.2, 0) is 13.2 Å². The summed E-state index contributed by atoms with van der Waals surface area (Å²) in [6, 6.07) is 2.79. The molecule has 0 amide bonds. The van der Waals surface area contributed by atoms with Gasteiger partial charge in [0.1, 0.15) is 22.8 Å². The average molecular weight is 488 g/mol. The number of fused-ring (bicyclic) bond motifs is 1. The molecule has 4 rings (SSSR count). The first-order valence-corrected chi connectivity index (χ1v) is 11.7. The molecule has 0 radical (unpaired) electrons. The lowest BCUT2D eigenvalue weighted by Crippen LogP contribution is -2.36. The highest BCUT2D eigenvalue weighted by Gasteiger charge is 2.36. The Balaban J connectivity index is 1.51. The van der Waals surface area contributed by atoms with Gasteiger partial charge in [-0.3, -0.25) is 0 Å². The van der Waals surface area contributed by atoms with Crippen molar-refractivity contribution in [2.24, 2.45) is 18.9 Å². The predicted molar refractivity (Wildman–Crippen MR) is 123 cm³/mol. The van der Waals surface area contributed by atoms with Crippen molar-refractivity contribution in [3.05, 3.63) is 30.0 Å². The monoisotopic (exact) mass is 487 g/mol. The molecule has 0 atom stereocenters. The lowest BCUT2D eigenvalue weighted by atomic mass is 9.93. The Kier molecular flexibility index (Phi) is 7.21. The van der Waals surface area contributed by atoms with E-state index in [1.807, 2.05) is 6.07 Å². The topological polar surface area (TPSA) is 92.8 Å². The molecule has 0 bridgehead atoms. The fraction of sp³-hybridized carbons (Fsp3) is 0.542. The van der Waals surface area contributed by atoms with Gasteiger partial charge < -0.3 is 14.2 Å². The molecule has 186 valence electrons. The quantitative estimate of drug-likeness (QED) is 0.486. The first kappa shape index (κ1) is 24.9. The number of halogens is 3. The Morgan fingerprint density at radius 1 is 1.20 bits per heavy atom. The number of imidazole rings is 1. The number of nitrogens with zero attached hydrogens (tertiary/aromatic N) is 7. The fourth-order valence-corrected chi connectivity index (χ4v) is 4.45. The van der Waals surface area contributed by atoms with E-state index in [0.29, 0.717) is 29.4 Å². The first-order valence-electron chi connectivity index (χ1n) is 11.7. The Hall–Kier alpha value is -3.26. The standard InChI is InChI=1S/C24H28F3N7O/c1-15(2)13-34-7-4-16(5-8-34)6-9-35-23-18(24(25,26)27)10-17(12-29-23)20-21-22(33(3)14-30-21)32-19(11-28)31-20/h10,12,14-16H,4-9,13H2,1-3H3. The van der Waals surface area contributed by atoms with Crippen LogP contribution in [0.25, 0.3) is 22.4 Å². The van der Waals surface area contributed by atoms with E-state index in [4.69, 9.17) is 4.74 Å². The first-order chi connectivity index (χ1) is 16.7. The summed E-state index contributed by atoms with van der Waals surface area (Å²) in [5, 5.41) is 9.26. The van der Waals surface area contributed by atoms with Crippen LogP contribution >= 0.6 is 0 Å². The van der Waals surface area contributed by atoms with Crippen molar-refractivity contribution < 1.29 is 17.9 Å². The minimum atomic E-state index is -4.67. The van der Waals surface area contributed by atoms with Crippen molar-refractivity contribution in [3.8, 4) is 23.2 Å². The zero-order valence-electron chi connectivity index (χ0n) is 20.0. The van der Waals surface area contributed by atoms with Crippen LogP contribution in [0.4, 0.5) is 13.2 Å². The van der Waals surface area contributed by atoms with Crippen LogP contribution < -0.4 is 4.74 Å². The number of nitriles is 1. The summed E-state index contributed by atoms with van der Waals surface area (Å²) in [6.07, 6.45) is 0.781. The maximum atomic E-state index is 13.9. The Labute approximate surface area is 201 Å². The molecule has 1 saturated heterocycles. The molecule has 11 heteroatoms. The molecule has 35 heavy (non-hydrogen) atoms. The molecule has 4 heterocycles. The molecule has 0 saturated carbocycles. The molecule has 3 aromatic rings. The molecular formula is C24H28F3N7O. The van der Waals surface area contributed by atoms with Gasteiger partial charge >= 0.3 is 6.18 Å². The van der Waals surface area contributed by atoms with E-state index < -0.39 is 17.6 Å². The molecular weight excluding hydrogens is 459 g/mol. The zero-order valence-corrected chi connectivity index (χ0v) is 20.0. The second kappa shape index (κ2) is 10.2. The van der Waals surface area contributed by atoms with Gasteiger partial charge in [0.2, 0.25) is 11.7 Å². The van der Waals surface area contributed by atoms with Gasteiger partial charge in [0.25, 0.3) is 0 Å². The SMILES string of the molecule is CC(C)CN1CCC(CCOc2ncc(-c3nc(C#N)nc4c3ncn4C)cc2C(F)(F)F)CC1. The van der Waals surface area contributed by atoms with E-state index in [-0.39, 0.29) is 23.7 Å². The summed E-state index contributed by atoms with van der Waals surface area (Å²) in [5.74, 6) is 0.428. The van der Waals surface area contributed by atoms with Crippen LogP contribution in [0.5, 0.6) is 5.88 Å². The Bertz CT molecular complexity index is 1220. The molecule has 0 aromatic carbocycles. The van der Waals surface area contributed by atoms with Gasteiger partial charge in [-0.2, -0.15) is 23.4 Å². The van der Waals surface area contributed by atoms with Crippen LogP contribution in [0.2, 0.25) is 0 Å². The lowest BCUT2D eigenvalue weighted by molar-refractivity contribution is -0.139. The number of piperidine rings is 1. The van der Waals surface area contributed by atoms with E-state index in [2.05, 4.69) is 38.7 Å². The number of aromatic nitrogens is 5. The molecule has 0 N–H and O–H groups in total. The van der Waals surface area contributed by atoms with E-state index in [9.17, 15) is 18.4 Å². The van der Waals surface area contributed by atoms with Crippen molar-refractivity contribution in [2.45, 2.75) is 39.3 Å². The number of rotatable bonds is 7. The fourth-order valence-electron chi connectivity index (χ4n) is 4.45. The second-order valence-electron chi connectivity index (χ2n) is 9.38. The van der Waals surface area contributed by atoms with Crippen molar-refractivity contribution in [1.29, 1.82) is 5.26 Å². The smallest absolute Gasteiger partial charge is 0.421 e. The van der Waals surface area contributed by atoms with Crippen molar-refractivity contribution in [1.82, 2.24) is 29.4 Å². The van der Waals surface area contributed by atoms with Crippen molar-refractivity contribution >= 4 is 11.2 Å². The van der Waals surface area contributed by atoms with Crippen molar-refractivity contribution in [2.75, 3.05) is 26.2 Å². The minimum Gasteiger partial charge on any atom is -0.477 e. The van der Waals surface area contributed by atoms with Gasteiger partial charge in [0.05, 0.1) is 12.9 Å². The van der Waals surface area contributed by atoms with Crippen molar-refractivity contribution in [3.63, 3.8) is 0 Å². The molecule has 0 aliphatic carbocycles. The van der Waals surface area contributed by atoms with Gasteiger partial charge in [-0.1, -0.05) is 13.8 Å². The lowest BCUT2D eigenvalue weighted by Gasteiger charge is -2.32. The summed E-state index contributed by atoms with van der Waals surface area (Å²) < 4.78 is 48.8. The van der Waals surface area contributed by atoms with Crippen LogP contribution in [-0.4, -0.2) is 55.6 Å². The zero-order chi connectivity index (χ0) is 25.2. The molecule has 8 nitrogen and oxygen atoms in total. The molecule has 1 aliphatic rings. The second-order valence-corrected chi connectivity index (χ2v) is 9.38. The number of pyridine rings is 1. The van der Waals surface area contributed by atoms with Gasteiger partial charge in [-0.15, -0.1) is 0 Å². The summed E-state index contributed by atoms with van der Waals surface area (Å²) in [5.41, 5.74) is -0.142. The van der Waals surface area contributed by atoms with Crippen LogP contribution in [0.3, 0.4) is 0 Å². The summed E-state index contributed by atoms with van der Waals surface area (Å²) in [7, 11) is 1.68. The number of ether oxygens (including phenoxy) is 1. The predicted octanol–water partition coefficient (Wildman–Crippen LogP) is 4.45. The van der Waals surface area contributed by atoms with E-state index in [0.717, 1.165) is 38.5 Å². The number of aryl methyl sites for hydroxylation is 1. The Morgan fingerprint density at radius 2 is 1.94 bits per heavy atom. The largest absolute Gasteiger partial charge is 0.477 e. The number of hydrogen-bond acceptors (Lipinski definition) is 7. The van der Waals surface area contributed by atoms with Crippen LogP contribution in [0, 0.1) is 23.2 Å². The molecule has 0 unspecified atom stereocenters. The maximum Gasteiger partial charge on any atom is 0.421 e. The maximum absolute atomic E-state index is 13.9. The van der Waals surface area contributed by atoms with Crippen LogP contribution in [0.15, 0.2) is 18.6 Å². The van der Waals surface area contributed by atoms with Gasteiger partial charge in [0.15, 0.2) is 5.65 Å². The van der Waals surface area contributed by atoms with E-state index >= 15 is 0 Å². The normalized spacial score (nSPS) is 15.6. The molecule has 1 fully saturated rings. The summed E-state index contributed by atoms with van der Waals surface area (Å²) in [4.78, 5) is 18.8. The van der Waals surface area contributed by atoms with Crippen LogP contribution in [0.1, 0.15) is 44.5 Å². The average Bonchev–Trinajstić information content (AvgIpc) is 3.19. The third-order valence-electron chi connectivity index (χ3n) is 6.19. The highest BCUT2D eigenvalue weighted by Crippen LogP contribution is 2.38. The summed E-state index contributed by atoms with van der Waals surface area (Å²) in [6.45, 7) is 7.65. The van der Waals surface area contributed by atoms with E-state index in [1.54, 1.807) is 11.6 Å². The number of hydrogen-bond donors (Lipinski definition) is 0. The summed E-state index contributed by atoms with van der Waals surface area (Å²) >= 11 is 0. The van der Waals surface area contributed by atoms with E-state index in [1.165, 1.54) is 12.5 Å².